The van der Waals surface area contributed by atoms with Crippen molar-refractivity contribution in [1.29, 1.82) is 0 Å². The Kier molecular flexibility index (Phi) is 3.62. The van der Waals surface area contributed by atoms with Crippen LogP contribution in [-0.2, 0) is 20.6 Å². The third-order valence-corrected chi connectivity index (χ3v) is 3.70. The fourth-order valence-electron chi connectivity index (χ4n) is 1.61. The molecule has 0 fully saturated rings. The van der Waals surface area contributed by atoms with Crippen LogP contribution in [0.4, 0.5) is 0 Å². The Bertz CT molecular complexity index is 431. The summed E-state index contributed by atoms with van der Waals surface area (Å²) < 4.78 is 6.51. The summed E-state index contributed by atoms with van der Waals surface area (Å²) in [5.41, 5.74) is 0. The molecule has 0 atom stereocenters. The average molecular weight is 235 g/mol. The molecule has 2 rings (SSSR count). The standard InChI is InChI=1S/C12H17N3S/c1-13-8-9-14(2)12(13)16-11-10-15-6-4-3-5-7-15/h3-9H,10-11H2,1-2H3/q+2. The van der Waals surface area contributed by atoms with E-state index < -0.39 is 0 Å². The maximum atomic E-state index is 2.20. The summed E-state index contributed by atoms with van der Waals surface area (Å²) in [6, 6.07) is 6.17. The number of hydrogen-bond donors (Lipinski definition) is 0. The van der Waals surface area contributed by atoms with E-state index in [1.54, 1.807) is 0 Å². The van der Waals surface area contributed by atoms with Gasteiger partial charge in [-0.3, -0.25) is 0 Å². The number of imidazole rings is 1. The Morgan fingerprint density at radius 3 is 2.56 bits per heavy atom. The second kappa shape index (κ2) is 5.16. The molecule has 0 saturated heterocycles. The molecular formula is C12H17N3S+2. The largest absolute Gasteiger partial charge is 0.317 e. The normalized spacial score (nSPS) is 10.6. The van der Waals surface area contributed by atoms with Crippen molar-refractivity contribution in [1.82, 2.24) is 4.57 Å². The van der Waals surface area contributed by atoms with E-state index in [1.165, 1.54) is 5.16 Å². The highest BCUT2D eigenvalue weighted by molar-refractivity contribution is 7.99. The molecule has 0 radical (unpaired) electrons. The van der Waals surface area contributed by atoms with Crippen molar-refractivity contribution in [2.75, 3.05) is 5.75 Å². The molecule has 0 saturated carbocycles. The summed E-state index contributed by atoms with van der Waals surface area (Å²) in [6.45, 7) is 1.04. The molecule has 0 N–H and O–H groups in total. The number of pyridine rings is 1. The van der Waals surface area contributed by atoms with E-state index in [9.17, 15) is 0 Å². The molecule has 0 spiro atoms. The van der Waals surface area contributed by atoms with E-state index in [4.69, 9.17) is 0 Å². The molecule has 4 heteroatoms. The zero-order valence-electron chi connectivity index (χ0n) is 9.71. The molecule has 2 heterocycles. The van der Waals surface area contributed by atoms with Gasteiger partial charge in [0.1, 0.15) is 12.4 Å². The molecule has 0 amide bonds. The SMILES string of the molecule is Cn1cc[n+](C)c1SCC[n+]1ccccc1. The number of aromatic nitrogens is 3. The summed E-state index contributed by atoms with van der Waals surface area (Å²) in [5.74, 6) is 1.08. The summed E-state index contributed by atoms with van der Waals surface area (Å²) >= 11 is 1.88. The van der Waals surface area contributed by atoms with Crippen LogP contribution in [0.2, 0.25) is 0 Å². The summed E-state index contributed by atoms with van der Waals surface area (Å²) in [5, 5.41) is 1.29. The summed E-state index contributed by atoms with van der Waals surface area (Å²) in [7, 11) is 4.16. The Morgan fingerprint density at radius 1 is 1.19 bits per heavy atom. The van der Waals surface area contributed by atoms with Crippen LogP contribution in [0.1, 0.15) is 0 Å². The Morgan fingerprint density at radius 2 is 1.94 bits per heavy atom. The van der Waals surface area contributed by atoms with Gasteiger partial charge in [-0.05, 0) is 11.8 Å². The summed E-state index contributed by atoms with van der Waals surface area (Å²) in [4.78, 5) is 0. The van der Waals surface area contributed by atoms with Gasteiger partial charge in [-0.2, -0.15) is 0 Å². The van der Waals surface area contributed by atoms with Gasteiger partial charge in [0.2, 0.25) is 0 Å². The van der Waals surface area contributed by atoms with Crippen molar-refractivity contribution >= 4 is 11.8 Å². The van der Waals surface area contributed by atoms with Crippen LogP contribution in [0.15, 0.2) is 48.1 Å². The lowest BCUT2D eigenvalue weighted by molar-refractivity contribution is -0.709. The maximum absolute atomic E-state index is 2.20. The Labute approximate surface area is 100 Å². The van der Waals surface area contributed by atoms with E-state index in [0.29, 0.717) is 0 Å². The van der Waals surface area contributed by atoms with Gasteiger partial charge in [0, 0.05) is 12.1 Å². The van der Waals surface area contributed by atoms with Crippen LogP contribution in [0.5, 0.6) is 0 Å². The van der Waals surface area contributed by atoms with Crippen molar-refractivity contribution in [2.45, 2.75) is 11.7 Å². The molecule has 84 valence electrons. The Balaban J connectivity index is 1.89. The highest BCUT2D eigenvalue weighted by atomic mass is 32.2. The van der Waals surface area contributed by atoms with Gasteiger partial charge < -0.3 is 0 Å². The van der Waals surface area contributed by atoms with Crippen LogP contribution < -0.4 is 9.13 Å². The summed E-state index contributed by atoms with van der Waals surface area (Å²) in [6.07, 6.45) is 8.37. The van der Waals surface area contributed by atoms with Crippen molar-refractivity contribution in [3.63, 3.8) is 0 Å². The molecule has 0 unspecified atom stereocenters. The lowest BCUT2D eigenvalue weighted by Gasteiger charge is -1.97. The van der Waals surface area contributed by atoms with Crippen molar-refractivity contribution in [3.8, 4) is 0 Å². The first kappa shape index (κ1) is 11.2. The van der Waals surface area contributed by atoms with Gasteiger partial charge in [-0.25, -0.2) is 13.7 Å². The van der Waals surface area contributed by atoms with E-state index in [2.05, 4.69) is 64.7 Å². The van der Waals surface area contributed by atoms with E-state index >= 15 is 0 Å². The molecule has 0 aliphatic heterocycles. The van der Waals surface area contributed by atoms with Gasteiger partial charge in [-0.1, -0.05) is 6.07 Å². The van der Waals surface area contributed by atoms with Gasteiger partial charge in [0.05, 0.1) is 19.8 Å². The molecular weight excluding hydrogens is 218 g/mol. The number of thioether (sulfide) groups is 1. The number of aryl methyl sites for hydroxylation is 3. The monoisotopic (exact) mass is 235 g/mol. The molecule has 2 aromatic heterocycles. The predicted molar refractivity (Wildman–Crippen MR) is 64.0 cm³/mol. The van der Waals surface area contributed by atoms with Crippen molar-refractivity contribution in [2.24, 2.45) is 14.1 Å². The van der Waals surface area contributed by atoms with Gasteiger partial charge >= 0.3 is 5.16 Å². The minimum atomic E-state index is 1.04. The molecule has 0 aliphatic carbocycles. The first-order valence-corrected chi connectivity index (χ1v) is 6.34. The second-order valence-electron chi connectivity index (χ2n) is 3.76. The van der Waals surface area contributed by atoms with Crippen LogP contribution in [0, 0.1) is 0 Å². The number of hydrogen-bond acceptors (Lipinski definition) is 1. The fraction of sp³-hybridized carbons (Fsp3) is 0.333. The molecule has 2 aromatic rings. The highest BCUT2D eigenvalue weighted by Gasteiger charge is 2.12. The molecule has 16 heavy (non-hydrogen) atoms. The third kappa shape index (κ3) is 2.64. The van der Waals surface area contributed by atoms with Gasteiger partial charge in [0.25, 0.3) is 0 Å². The molecule has 0 aromatic carbocycles. The van der Waals surface area contributed by atoms with Crippen molar-refractivity contribution < 1.29 is 9.13 Å². The quantitative estimate of drug-likeness (QED) is 0.567. The fourth-order valence-corrected chi connectivity index (χ4v) is 2.62. The minimum Gasteiger partial charge on any atom is -0.227 e. The zero-order chi connectivity index (χ0) is 11.4. The lowest BCUT2D eigenvalue weighted by atomic mass is 10.5. The third-order valence-electron chi connectivity index (χ3n) is 2.48. The predicted octanol–water partition coefficient (Wildman–Crippen LogP) is 0.929. The average Bonchev–Trinajstić information content (AvgIpc) is 2.62. The first-order valence-electron chi connectivity index (χ1n) is 5.35. The highest BCUT2D eigenvalue weighted by Crippen LogP contribution is 2.11. The second-order valence-corrected chi connectivity index (χ2v) is 4.83. The van der Waals surface area contributed by atoms with E-state index in [-0.39, 0.29) is 0 Å². The molecule has 0 aliphatic rings. The minimum absolute atomic E-state index is 1.04. The van der Waals surface area contributed by atoms with Crippen LogP contribution in [0.25, 0.3) is 0 Å². The molecule has 0 bridgehead atoms. The lowest BCUT2D eigenvalue weighted by Crippen LogP contribution is -2.34. The number of rotatable bonds is 4. The van der Waals surface area contributed by atoms with E-state index in [1.807, 2.05) is 17.8 Å². The smallest absolute Gasteiger partial charge is 0.227 e. The van der Waals surface area contributed by atoms with Crippen LogP contribution >= 0.6 is 11.8 Å². The van der Waals surface area contributed by atoms with Gasteiger partial charge in [-0.15, -0.1) is 0 Å². The zero-order valence-corrected chi connectivity index (χ0v) is 10.5. The maximum Gasteiger partial charge on any atom is 0.317 e. The van der Waals surface area contributed by atoms with E-state index in [0.717, 1.165) is 12.3 Å². The van der Waals surface area contributed by atoms with Crippen LogP contribution in [0.3, 0.4) is 0 Å². The molecule has 3 nitrogen and oxygen atoms in total. The van der Waals surface area contributed by atoms with Gasteiger partial charge in [0.15, 0.2) is 18.9 Å². The number of nitrogens with zero attached hydrogens (tertiary/aromatic N) is 3. The Hall–Kier alpha value is -1.29. The van der Waals surface area contributed by atoms with Crippen molar-refractivity contribution in [3.05, 3.63) is 43.0 Å². The first-order chi connectivity index (χ1) is 7.77. The topological polar surface area (TPSA) is 12.7 Å². The van der Waals surface area contributed by atoms with Crippen LogP contribution in [-0.4, -0.2) is 10.3 Å².